The normalized spacial score (nSPS) is 28.2. The van der Waals surface area contributed by atoms with Gasteiger partial charge in [-0.3, -0.25) is 9.59 Å². The molecule has 2 rings (SSSR count). The molecule has 2 heterocycles. The zero-order chi connectivity index (χ0) is 11.4. The van der Waals surface area contributed by atoms with E-state index >= 15 is 0 Å². The van der Waals surface area contributed by atoms with Crippen LogP contribution in [-0.4, -0.2) is 35.8 Å². The SMILES string of the molecule is O=C1NCCCCC1N1CCCC[CH]C1=O. The highest BCUT2D eigenvalue weighted by Gasteiger charge is 2.30. The average molecular weight is 223 g/mol. The minimum Gasteiger partial charge on any atom is -0.354 e. The molecule has 0 bridgehead atoms. The van der Waals surface area contributed by atoms with Crippen molar-refractivity contribution in [3.05, 3.63) is 6.42 Å². The van der Waals surface area contributed by atoms with Crippen molar-refractivity contribution in [1.29, 1.82) is 0 Å². The summed E-state index contributed by atoms with van der Waals surface area (Å²) in [4.78, 5) is 25.5. The quantitative estimate of drug-likeness (QED) is 0.717. The average Bonchev–Trinajstić information content (AvgIpc) is 2.59. The molecule has 89 valence electrons. The molecule has 2 saturated heterocycles. The van der Waals surface area contributed by atoms with Gasteiger partial charge >= 0.3 is 0 Å². The summed E-state index contributed by atoms with van der Waals surface area (Å²) in [6, 6.07) is -0.232. The highest BCUT2D eigenvalue weighted by Crippen LogP contribution is 2.18. The molecule has 2 aliphatic rings. The summed E-state index contributed by atoms with van der Waals surface area (Å²) in [6.07, 6.45) is 7.49. The van der Waals surface area contributed by atoms with Crippen LogP contribution in [0, 0.1) is 6.42 Å². The van der Waals surface area contributed by atoms with Gasteiger partial charge in [0, 0.05) is 19.5 Å². The van der Waals surface area contributed by atoms with Crippen LogP contribution in [0.1, 0.15) is 38.5 Å². The summed E-state index contributed by atoms with van der Waals surface area (Å²) in [5.74, 6) is 0.0701. The Morgan fingerprint density at radius 2 is 2.06 bits per heavy atom. The molecular weight excluding hydrogens is 204 g/mol. The molecule has 0 aromatic rings. The Hall–Kier alpha value is -1.06. The third-order valence-electron chi connectivity index (χ3n) is 3.34. The maximum atomic E-state index is 11.9. The molecule has 0 spiro atoms. The number of likely N-dealkylation sites (tertiary alicyclic amines) is 1. The van der Waals surface area contributed by atoms with Crippen LogP contribution in [0.2, 0.25) is 0 Å². The third-order valence-corrected chi connectivity index (χ3v) is 3.34. The van der Waals surface area contributed by atoms with Crippen molar-refractivity contribution >= 4 is 11.8 Å². The van der Waals surface area contributed by atoms with Crippen molar-refractivity contribution in [2.75, 3.05) is 13.1 Å². The second-order valence-electron chi connectivity index (χ2n) is 4.53. The summed E-state index contributed by atoms with van der Waals surface area (Å²) in [6.45, 7) is 1.48. The maximum absolute atomic E-state index is 11.9. The van der Waals surface area contributed by atoms with E-state index in [2.05, 4.69) is 5.32 Å². The van der Waals surface area contributed by atoms with Crippen molar-refractivity contribution in [3.63, 3.8) is 0 Å². The van der Waals surface area contributed by atoms with Crippen LogP contribution in [-0.2, 0) is 9.59 Å². The lowest BCUT2D eigenvalue weighted by molar-refractivity contribution is -0.137. The van der Waals surface area contributed by atoms with E-state index in [-0.39, 0.29) is 17.9 Å². The van der Waals surface area contributed by atoms with Gasteiger partial charge in [0.2, 0.25) is 11.8 Å². The first-order valence-electron chi connectivity index (χ1n) is 6.20. The molecule has 1 atom stereocenters. The number of nitrogens with zero attached hydrogens (tertiary/aromatic N) is 1. The van der Waals surface area contributed by atoms with E-state index in [0.29, 0.717) is 0 Å². The second-order valence-corrected chi connectivity index (χ2v) is 4.53. The Labute approximate surface area is 96.4 Å². The van der Waals surface area contributed by atoms with Gasteiger partial charge in [-0.15, -0.1) is 0 Å². The van der Waals surface area contributed by atoms with E-state index in [4.69, 9.17) is 0 Å². The number of nitrogens with one attached hydrogen (secondary N) is 1. The molecule has 1 radical (unpaired) electrons. The van der Waals surface area contributed by atoms with E-state index < -0.39 is 0 Å². The smallest absolute Gasteiger partial charge is 0.242 e. The predicted molar refractivity (Wildman–Crippen MR) is 60.5 cm³/mol. The van der Waals surface area contributed by atoms with Crippen molar-refractivity contribution in [1.82, 2.24) is 10.2 Å². The highest BCUT2D eigenvalue weighted by molar-refractivity contribution is 5.91. The van der Waals surface area contributed by atoms with Gasteiger partial charge in [-0.1, -0.05) is 6.42 Å². The minimum atomic E-state index is -0.232. The van der Waals surface area contributed by atoms with Crippen molar-refractivity contribution in [2.24, 2.45) is 0 Å². The third kappa shape index (κ3) is 2.54. The molecule has 0 aliphatic carbocycles. The molecule has 16 heavy (non-hydrogen) atoms. The van der Waals surface area contributed by atoms with E-state index in [0.717, 1.165) is 51.6 Å². The van der Waals surface area contributed by atoms with Crippen LogP contribution in [0.4, 0.5) is 0 Å². The first-order valence-corrected chi connectivity index (χ1v) is 6.20. The summed E-state index contributed by atoms with van der Waals surface area (Å²) < 4.78 is 0. The number of hydrogen-bond donors (Lipinski definition) is 1. The van der Waals surface area contributed by atoms with Crippen LogP contribution in [0.5, 0.6) is 0 Å². The Morgan fingerprint density at radius 1 is 1.19 bits per heavy atom. The number of amides is 2. The fourth-order valence-corrected chi connectivity index (χ4v) is 2.41. The molecule has 1 N–H and O–H groups in total. The number of hydrogen-bond acceptors (Lipinski definition) is 2. The van der Waals surface area contributed by atoms with Gasteiger partial charge in [0.25, 0.3) is 0 Å². The number of carbonyl (C=O) groups is 2. The Bertz CT molecular complexity index is 250. The van der Waals surface area contributed by atoms with E-state index in [1.807, 2.05) is 0 Å². The fraction of sp³-hybridized carbons (Fsp3) is 0.750. The molecule has 1 unspecified atom stereocenters. The van der Waals surface area contributed by atoms with Gasteiger partial charge in [-0.2, -0.15) is 0 Å². The second kappa shape index (κ2) is 5.32. The number of rotatable bonds is 1. The van der Waals surface area contributed by atoms with Gasteiger partial charge in [-0.05, 0) is 32.1 Å². The molecule has 2 fully saturated rings. The van der Waals surface area contributed by atoms with Crippen molar-refractivity contribution in [3.8, 4) is 0 Å². The van der Waals surface area contributed by atoms with Gasteiger partial charge in [-0.25, -0.2) is 0 Å². The van der Waals surface area contributed by atoms with Crippen LogP contribution < -0.4 is 5.32 Å². The van der Waals surface area contributed by atoms with Crippen molar-refractivity contribution in [2.45, 2.75) is 44.6 Å². The zero-order valence-corrected chi connectivity index (χ0v) is 9.58. The van der Waals surface area contributed by atoms with E-state index in [1.165, 1.54) is 0 Å². The van der Waals surface area contributed by atoms with Crippen molar-refractivity contribution < 1.29 is 9.59 Å². The first-order chi connectivity index (χ1) is 7.79. The van der Waals surface area contributed by atoms with Gasteiger partial charge in [0.1, 0.15) is 6.04 Å². The first kappa shape index (κ1) is 11.4. The summed E-state index contributed by atoms with van der Waals surface area (Å²) in [5.41, 5.74) is 0. The molecule has 0 saturated carbocycles. The minimum absolute atomic E-state index is 0.0288. The number of carbonyl (C=O) groups excluding carboxylic acids is 2. The fourth-order valence-electron chi connectivity index (χ4n) is 2.41. The molecular formula is C12H19N2O2. The lowest BCUT2D eigenvalue weighted by Crippen LogP contribution is -2.48. The monoisotopic (exact) mass is 223 g/mol. The Kier molecular flexibility index (Phi) is 3.80. The summed E-state index contributed by atoms with van der Waals surface area (Å²) in [5, 5.41) is 2.89. The zero-order valence-electron chi connectivity index (χ0n) is 9.58. The lowest BCUT2D eigenvalue weighted by atomic mass is 10.1. The van der Waals surface area contributed by atoms with Crippen LogP contribution in [0.25, 0.3) is 0 Å². The van der Waals surface area contributed by atoms with Crippen LogP contribution in [0.3, 0.4) is 0 Å². The molecule has 2 aliphatic heterocycles. The van der Waals surface area contributed by atoms with E-state index in [9.17, 15) is 9.59 Å². The predicted octanol–water partition coefficient (Wildman–Crippen LogP) is 0.872. The lowest BCUT2D eigenvalue weighted by Gasteiger charge is -2.28. The molecule has 2 amide bonds. The van der Waals surface area contributed by atoms with Gasteiger partial charge < -0.3 is 10.2 Å². The maximum Gasteiger partial charge on any atom is 0.242 e. The summed E-state index contributed by atoms with van der Waals surface area (Å²) in [7, 11) is 0. The standard InChI is InChI=1S/C12H19N2O2/c15-11-7-2-1-5-9-14(11)10-6-3-4-8-13-12(10)16/h7,10H,1-6,8-9H2,(H,13,16). The molecule has 4 heteroatoms. The Morgan fingerprint density at radius 3 is 2.94 bits per heavy atom. The van der Waals surface area contributed by atoms with Crippen LogP contribution >= 0.6 is 0 Å². The van der Waals surface area contributed by atoms with Crippen LogP contribution in [0.15, 0.2) is 0 Å². The highest BCUT2D eigenvalue weighted by atomic mass is 16.2. The molecule has 0 aromatic heterocycles. The Balaban J connectivity index is 2.07. The topological polar surface area (TPSA) is 49.4 Å². The van der Waals surface area contributed by atoms with Gasteiger partial charge in [0.05, 0.1) is 0 Å². The van der Waals surface area contributed by atoms with E-state index in [1.54, 1.807) is 11.3 Å². The molecule has 4 nitrogen and oxygen atoms in total. The molecule has 0 aromatic carbocycles. The summed E-state index contributed by atoms with van der Waals surface area (Å²) >= 11 is 0. The largest absolute Gasteiger partial charge is 0.354 e. The van der Waals surface area contributed by atoms with Gasteiger partial charge in [0.15, 0.2) is 0 Å².